The number of carboxylic acid groups (broad SMARTS) is 1. The second-order valence-electron chi connectivity index (χ2n) is 6.27. The van der Waals surface area contributed by atoms with Crippen LogP contribution in [0.1, 0.15) is 23.2 Å². The van der Waals surface area contributed by atoms with Crippen LogP contribution >= 0.6 is 0 Å². The molecule has 1 aliphatic rings. The van der Waals surface area contributed by atoms with E-state index in [1.807, 2.05) is 0 Å². The molecule has 28 heavy (non-hydrogen) atoms. The number of halogens is 3. The lowest BCUT2D eigenvalue weighted by Gasteiger charge is -2.25. The van der Waals surface area contributed by atoms with Gasteiger partial charge in [0, 0.05) is 23.9 Å². The Hall–Kier alpha value is -3.14. The van der Waals surface area contributed by atoms with E-state index in [9.17, 15) is 22.8 Å². The number of amides is 1. The number of alkyl halides is 3. The number of nitrogens with zero attached hydrogens (tertiary/aromatic N) is 1. The quantitative estimate of drug-likeness (QED) is 0.717. The van der Waals surface area contributed by atoms with E-state index >= 15 is 0 Å². The Morgan fingerprint density at radius 1 is 1.36 bits per heavy atom. The first-order chi connectivity index (χ1) is 13.2. The molecule has 10 heteroatoms. The van der Waals surface area contributed by atoms with Crippen molar-refractivity contribution in [2.24, 2.45) is 11.7 Å². The van der Waals surface area contributed by atoms with Crippen LogP contribution < -0.4 is 15.8 Å². The molecule has 4 N–H and O–H groups in total. The van der Waals surface area contributed by atoms with Gasteiger partial charge < -0.3 is 20.9 Å². The highest BCUT2D eigenvalue weighted by molar-refractivity contribution is 5.97. The molecule has 0 saturated heterocycles. The number of aliphatic carboxylic acids is 1. The Balaban J connectivity index is 1.96. The topological polar surface area (TPSA) is 115 Å². The van der Waals surface area contributed by atoms with Crippen LogP contribution in [0.5, 0.6) is 11.6 Å². The molecule has 2 heterocycles. The minimum absolute atomic E-state index is 0.0757. The van der Waals surface area contributed by atoms with Crippen molar-refractivity contribution < 1.29 is 32.6 Å². The van der Waals surface area contributed by atoms with Crippen molar-refractivity contribution in [1.29, 1.82) is 0 Å². The molecule has 0 fully saturated rings. The first-order valence-electron chi connectivity index (χ1n) is 8.28. The third-order valence-corrected chi connectivity index (χ3v) is 4.24. The van der Waals surface area contributed by atoms with Gasteiger partial charge in [0.15, 0.2) is 0 Å². The van der Waals surface area contributed by atoms with Gasteiger partial charge in [0.1, 0.15) is 11.4 Å². The molecule has 1 unspecified atom stereocenters. The molecule has 0 saturated carbocycles. The van der Waals surface area contributed by atoms with Crippen molar-refractivity contribution in [2.45, 2.75) is 25.6 Å². The molecule has 0 bridgehead atoms. The summed E-state index contributed by atoms with van der Waals surface area (Å²) in [7, 11) is 0. The predicted octanol–water partition coefficient (Wildman–Crippen LogP) is 2.94. The highest BCUT2D eigenvalue weighted by atomic mass is 19.4. The van der Waals surface area contributed by atoms with Crippen LogP contribution in [0.4, 0.5) is 18.9 Å². The molecule has 0 spiro atoms. The van der Waals surface area contributed by atoms with Gasteiger partial charge in [-0.25, -0.2) is 4.98 Å². The molecular weight excluding hydrogens is 379 g/mol. The summed E-state index contributed by atoms with van der Waals surface area (Å²) < 4.78 is 44.7. The van der Waals surface area contributed by atoms with E-state index in [-0.39, 0.29) is 36.6 Å². The van der Waals surface area contributed by atoms with Crippen molar-refractivity contribution in [3.05, 3.63) is 47.2 Å². The zero-order valence-electron chi connectivity index (χ0n) is 14.4. The van der Waals surface area contributed by atoms with Gasteiger partial charge in [-0.15, -0.1) is 0 Å². The van der Waals surface area contributed by atoms with Crippen LogP contribution in [0.15, 0.2) is 30.3 Å². The second kappa shape index (κ2) is 7.47. The summed E-state index contributed by atoms with van der Waals surface area (Å²) in [5.74, 6) is -2.49. The standard InChI is InChI=1S/C18H16F3N3O4/c19-18(20,21)14-4-9(8-22)5-15(24-14)28-13-3-1-2-12-11(13)6-10(7-16(25)26)17(27)23-12/h1-5,10H,6-8,22H2,(H,23,27)(H,25,26). The molecule has 1 atom stereocenters. The third kappa shape index (κ3) is 4.22. The number of rotatable bonds is 5. The molecule has 3 rings (SSSR count). The molecule has 7 nitrogen and oxygen atoms in total. The van der Waals surface area contributed by atoms with Crippen molar-refractivity contribution in [2.75, 3.05) is 5.32 Å². The molecule has 1 aliphatic heterocycles. The van der Waals surface area contributed by atoms with E-state index < -0.39 is 29.7 Å². The van der Waals surface area contributed by atoms with Crippen molar-refractivity contribution in [3.8, 4) is 11.6 Å². The maximum atomic E-state index is 13.1. The maximum absolute atomic E-state index is 13.1. The molecule has 0 aliphatic carbocycles. The average Bonchev–Trinajstić information content (AvgIpc) is 2.61. The number of hydrogen-bond acceptors (Lipinski definition) is 5. The second-order valence-corrected chi connectivity index (χ2v) is 6.27. The Labute approximate surface area is 157 Å². The van der Waals surface area contributed by atoms with E-state index in [1.54, 1.807) is 12.1 Å². The fourth-order valence-corrected chi connectivity index (χ4v) is 2.93. The Morgan fingerprint density at radius 3 is 2.75 bits per heavy atom. The molecule has 1 amide bonds. The van der Waals surface area contributed by atoms with E-state index in [0.29, 0.717) is 11.3 Å². The minimum Gasteiger partial charge on any atom is -0.481 e. The fourth-order valence-electron chi connectivity index (χ4n) is 2.93. The van der Waals surface area contributed by atoms with Gasteiger partial charge in [0.05, 0.1) is 12.3 Å². The van der Waals surface area contributed by atoms with Gasteiger partial charge in [0.25, 0.3) is 0 Å². The highest BCUT2D eigenvalue weighted by Gasteiger charge is 2.34. The zero-order valence-corrected chi connectivity index (χ0v) is 14.4. The maximum Gasteiger partial charge on any atom is 0.433 e. The normalized spacial score (nSPS) is 16.3. The van der Waals surface area contributed by atoms with Gasteiger partial charge in [-0.1, -0.05) is 6.07 Å². The highest BCUT2D eigenvalue weighted by Crippen LogP contribution is 2.37. The summed E-state index contributed by atoms with van der Waals surface area (Å²) in [6.45, 7) is -0.133. The summed E-state index contributed by atoms with van der Waals surface area (Å²) in [5.41, 5.74) is 5.42. The number of aromatic nitrogens is 1. The molecule has 2 aromatic rings. The van der Waals surface area contributed by atoms with Crippen LogP contribution in [0, 0.1) is 5.92 Å². The van der Waals surface area contributed by atoms with Crippen molar-refractivity contribution >= 4 is 17.6 Å². The summed E-state index contributed by atoms with van der Waals surface area (Å²) in [4.78, 5) is 26.5. The van der Waals surface area contributed by atoms with Crippen molar-refractivity contribution in [3.63, 3.8) is 0 Å². The third-order valence-electron chi connectivity index (χ3n) is 4.24. The lowest BCUT2D eigenvalue weighted by atomic mass is 9.90. The SMILES string of the molecule is NCc1cc(Oc2cccc3c2CC(CC(=O)O)C(=O)N3)nc(C(F)(F)F)c1. The van der Waals surface area contributed by atoms with Crippen LogP contribution in [0.2, 0.25) is 0 Å². The first-order valence-corrected chi connectivity index (χ1v) is 8.28. The Kier molecular flexibility index (Phi) is 5.23. The van der Waals surface area contributed by atoms with Crippen LogP contribution in [-0.4, -0.2) is 22.0 Å². The van der Waals surface area contributed by atoms with Gasteiger partial charge >= 0.3 is 12.1 Å². The number of anilines is 1. The zero-order chi connectivity index (χ0) is 20.5. The summed E-state index contributed by atoms with van der Waals surface area (Å²) in [5, 5.41) is 11.6. The molecule has 1 aromatic carbocycles. The van der Waals surface area contributed by atoms with E-state index in [0.717, 1.165) is 6.07 Å². The number of fused-ring (bicyclic) bond motifs is 1. The summed E-state index contributed by atoms with van der Waals surface area (Å²) >= 11 is 0. The lowest BCUT2D eigenvalue weighted by molar-refractivity contribution is -0.141. The van der Waals surface area contributed by atoms with Crippen LogP contribution in [0.3, 0.4) is 0 Å². The molecular formula is C18H16F3N3O4. The van der Waals surface area contributed by atoms with Crippen LogP contribution in [0.25, 0.3) is 0 Å². The van der Waals surface area contributed by atoms with E-state index in [2.05, 4.69) is 10.3 Å². The number of nitrogens with one attached hydrogen (secondary N) is 1. The average molecular weight is 395 g/mol. The largest absolute Gasteiger partial charge is 0.481 e. The summed E-state index contributed by atoms with van der Waals surface area (Å²) in [6, 6.07) is 6.81. The number of benzene rings is 1. The Bertz CT molecular complexity index is 931. The molecule has 0 radical (unpaired) electrons. The summed E-state index contributed by atoms with van der Waals surface area (Å²) in [6.07, 6.45) is -4.97. The predicted molar refractivity (Wildman–Crippen MR) is 91.7 cm³/mol. The van der Waals surface area contributed by atoms with Crippen LogP contribution in [-0.2, 0) is 28.7 Å². The number of nitrogens with two attached hydrogens (primary N) is 1. The molecule has 148 valence electrons. The smallest absolute Gasteiger partial charge is 0.433 e. The number of ether oxygens (including phenoxy) is 1. The van der Waals surface area contributed by atoms with Gasteiger partial charge in [0.2, 0.25) is 11.8 Å². The van der Waals surface area contributed by atoms with Gasteiger partial charge in [-0.05, 0) is 30.2 Å². The fraction of sp³-hybridized carbons (Fsp3) is 0.278. The lowest BCUT2D eigenvalue weighted by Crippen LogP contribution is -2.31. The Morgan fingerprint density at radius 2 is 2.11 bits per heavy atom. The first kappa shape index (κ1) is 19.6. The number of hydrogen-bond donors (Lipinski definition) is 3. The van der Waals surface area contributed by atoms with E-state index in [4.69, 9.17) is 15.6 Å². The van der Waals surface area contributed by atoms with E-state index in [1.165, 1.54) is 12.1 Å². The molecule has 1 aromatic heterocycles. The van der Waals surface area contributed by atoms with Crippen molar-refractivity contribution in [1.82, 2.24) is 4.98 Å². The minimum atomic E-state index is -4.67. The van der Waals surface area contributed by atoms with Gasteiger partial charge in [-0.3, -0.25) is 9.59 Å². The number of carbonyl (C=O) groups excluding carboxylic acids is 1. The number of carboxylic acids is 1. The monoisotopic (exact) mass is 395 g/mol. The number of carbonyl (C=O) groups is 2. The number of pyridine rings is 1. The van der Waals surface area contributed by atoms with Gasteiger partial charge in [-0.2, -0.15) is 13.2 Å².